The summed E-state index contributed by atoms with van der Waals surface area (Å²) in [5, 5.41) is 4.07. The molecule has 3 aromatic rings. The summed E-state index contributed by atoms with van der Waals surface area (Å²) in [6, 6.07) is 13.0. The number of hydrogen-bond donors (Lipinski definition) is 1. The van der Waals surface area contributed by atoms with Crippen LogP contribution in [0.25, 0.3) is 10.2 Å². The monoisotopic (exact) mass is 361 g/mol. The first-order chi connectivity index (χ1) is 11.5. The molecule has 0 atom stereocenters. The van der Waals surface area contributed by atoms with Crippen LogP contribution in [0.5, 0.6) is 10.9 Å². The standard InChI is InChI=1S/C17H16ClN3O2S/c1-21(2)16(22)19-10-11-3-6-13(7-4-11)23-17-20-14-8-5-12(18)9-15(14)24-17/h3-9H,10H2,1-2H3,(H,19,22). The number of aromatic nitrogens is 1. The summed E-state index contributed by atoms with van der Waals surface area (Å²) in [6.45, 7) is 0.469. The highest BCUT2D eigenvalue weighted by molar-refractivity contribution is 7.20. The fourth-order valence-electron chi connectivity index (χ4n) is 2.03. The highest BCUT2D eigenvalue weighted by atomic mass is 35.5. The first-order valence-corrected chi connectivity index (χ1v) is 8.49. The molecule has 2 amide bonds. The van der Waals surface area contributed by atoms with Gasteiger partial charge in [0.2, 0.25) is 0 Å². The Balaban J connectivity index is 1.65. The lowest BCUT2D eigenvalue weighted by Crippen LogP contribution is -2.33. The van der Waals surface area contributed by atoms with Crippen molar-refractivity contribution in [3.8, 4) is 10.9 Å². The van der Waals surface area contributed by atoms with Crippen LogP contribution in [0.15, 0.2) is 42.5 Å². The number of halogens is 1. The smallest absolute Gasteiger partial charge is 0.317 e. The number of rotatable bonds is 4. The zero-order valence-electron chi connectivity index (χ0n) is 13.2. The van der Waals surface area contributed by atoms with E-state index in [1.165, 1.54) is 16.2 Å². The number of nitrogens with zero attached hydrogens (tertiary/aromatic N) is 2. The Labute approximate surface area is 148 Å². The molecule has 24 heavy (non-hydrogen) atoms. The van der Waals surface area contributed by atoms with Crippen molar-refractivity contribution in [3.63, 3.8) is 0 Å². The van der Waals surface area contributed by atoms with Gasteiger partial charge < -0.3 is 15.0 Å². The molecule has 0 radical (unpaired) electrons. The Hall–Kier alpha value is -2.31. The topological polar surface area (TPSA) is 54.5 Å². The van der Waals surface area contributed by atoms with Crippen molar-refractivity contribution in [2.24, 2.45) is 0 Å². The number of nitrogens with one attached hydrogen (secondary N) is 1. The Morgan fingerprint density at radius 2 is 2.00 bits per heavy atom. The van der Waals surface area contributed by atoms with Crippen LogP contribution in [-0.2, 0) is 6.54 Å². The van der Waals surface area contributed by atoms with Crippen LogP contribution in [0.3, 0.4) is 0 Å². The molecule has 0 saturated carbocycles. The van der Waals surface area contributed by atoms with Crippen LogP contribution in [0, 0.1) is 0 Å². The van der Waals surface area contributed by atoms with Gasteiger partial charge >= 0.3 is 6.03 Å². The molecule has 0 spiro atoms. The molecule has 0 aliphatic rings. The largest absolute Gasteiger partial charge is 0.431 e. The van der Waals surface area contributed by atoms with Crippen molar-refractivity contribution in [3.05, 3.63) is 53.1 Å². The van der Waals surface area contributed by atoms with Crippen molar-refractivity contribution in [1.82, 2.24) is 15.2 Å². The summed E-state index contributed by atoms with van der Waals surface area (Å²) in [6.07, 6.45) is 0. The number of fused-ring (bicyclic) bond motifs is 1. The Morgan fingerprint density at radius 3 is 2.71 bits per heavy atom. The molecule has 0 saturated heterocycles. The van der Waals surface area contributed by atoms with E-state index in [1.807, 2.05) is 42.5 Å². The van der Waals surface area contributed by atoms with Gasteiger partial charge in [0.05, 0.1) is 10.2 Å². The van der Waals surface area contributed by atoms with Gasteiger partial charge in [-0.2, -0.15) is 0 Å². The maximum absolute atomic E-state index is 11.5. The summed E-state index contributed by atoms with van der Waals surface area (Å²) in [5.41, 5.74) is 1.86. The molecule has 1 N–H and O–H groups in total. The third-order valence-electron chi connectivity index (χ3n) is 3.31. The Morgan fingerprint density at radius 1 is 1.25 bits per heavy atom. The number of ether oxygens (including phenoxy) is 1. The first-order valence-electron chi connectivity index (χ1n) is 7.29. The minimum absolute atomic E-state index is 0.122. The number of urea groups is 1. The van der Waals surface area contributed by atoms with Crippen LogP contribution in [0.4, 0.5) is 4.79 Å². The summed E-state index contributed by atoms with van der Waals surface area (Å²) in [4.78, 5) is 17.4. The first kappa shape index (κ1) is 16.5. The van der Waals surface area contributed by atoms with Crippen molar-refractivity contribution in [2.75, 3.05) is 14.1 Å². The van der Waals surface area contributed by atoms with Crippen LogP contribution in [0.2, 0.25) is 5.02 Å². The van der Waals surface area contributed by atoms with Crippen LogP contribution >= 0.6 is 22.9 Å². The molecule has 0 bridgehead atoms. The second-order valence-corrected chi connectivity index (χ2v) is 6.82. The summed E-state index contributed by atoms with van der Waals surface area (Å²) < 4.78 is 6.78. The van der Waals surface area contributed by atoms with Crippen molar-refractivity contribution < 1.29 is 9.53 Å². The van der Waals surface area contributed by atoms with E-state index in [1.54, 1.807) is 14.1 Å². The second kappa shape index (κ2) is 7.07. The molecule has 1 heterocycles. The number of hydrogen-bond acceptors (Lipinski definition) is 4. The predicted molar refractivity (Wildman–Crippen MR) is 97.1 cm³/mol. The lowest BCUT2D eigenvalue weighted by atomic mass is 10.2. The van der Waals surface area contributed by atoms with Gasteiger partial charge in [-0.3, -0.25) is 0 Å². The Kier molecular flexibility index (Phi) is 4.87. The molecule has 124 valence electrons. The molecule has 3 rings (SSSR count). The van der Waals surface area contributed by atoms with Gasteiger partial charge in [-0.1, -0.05) is 35.1 Å². The number of amides is 2. The fourth-order valence-corrected chi connectivity index (χ4v) is 3.14. The molecular formula is C17H16ClN3O2S. The number of carbonyl (C=O) groups excluding carboxylic acids is 1. The normalized spacial score (nSPS) is 10.6. The maximum atomic E-state index is 11.5. The minimum atomic E-state index is -0.122. The van der Waals surface area contributed by atoms with Gasteiger partial charge in [-0.05, 0) is 35.9 Å². The highest BCUT2D eigenvalue weighted by Crippen LogP contribution is 2.32. The zero-order valence-corrected chi connectivity index (χ0v) is 14.8. The number of carbonyl (C=O) groups is 1. The number of thiazole rings is 1. The summed E-state index contributed by atoms with van der Waals surface area (Å²) in [7, 11) is 3.41. The minimum Gasteiger partial charge on any atom is -0.431 e. The SMILES string of the molecule is CN(C)C(=O)NCc1ccc(Oc2nc3ccc(Cl)cc3s2)cc1. The van der Waals surface area contributed by atoms with Gasteiger partial charge in [-0.15, -0.1) is 0 Å². The van der Waals surface area contributed by atoms with E-state index in [-0.39, 0.29) is 6.03 Å². The molecule has 0 aliphatic carbocycles. The average Bonchev–Trinajstić information content (AvgIpc) is 2.95. The summed E-state index contributed by atoms with van der Waals surface area (Å²) >= 11 is 7.43. The van der Waals surface area contributed by atoms with Gasteiger partial charge in [0.15, 0.2) is 0 Å². The van der Waals surface area contributed by atoms with Crippen LogP contribution in [0.1, 0.15) is 5.56 Å². The highest BCUT2D eigenvalue weighted by Gasteiger charge is 2.07. The van der Waals surface area contributed by atoms with Crippen molar-refractivity contribution in [2.45, 2.75) is 6.54 Å². The lowest BCUT2D eigenvalue weighted by molar-refractivity contribution is 0.217. The molecule has 7 heteroatoms. The molecule has 5 nitrogen and oxygen atoms in total. The predicted octanol–water partition coefficient (Wildman–Crippen LogP) is 4.51. The maximum Gasteiger partial charge on any atom is 0.317 e. The third kappa shape index (κ3) is 3.96. The lowest BCUT2D eigenvalue weighted by Gasteiger charge is -2.12. The van der Waals surface area contributed by atoms with Gasteiger partial charge in [-0.25, -0.2) is 9.78 Å². The van der Waals surface area contributed by atoms with E-state index in [2.05, 4.69) is 10.3 Å². The molecule has 0 unspecified atom stereocenters. The molecule has 1 aromatic heterocycles. The van der Waals surface area contributed by atoms with Crippen molar-refractivity contribution >= 4 is 39.2 Å². The molecule has 0 fully saturated rings. The second-order valence-electron chi connectivity index (χ2n) is 5.39. The fraction of sp³-hybridized carbons (Fsp3) is 0.176. The molecular weight excluding hydrogens is 346 g/mol. The van der Waals surface area contributed by atoms with Crippen LogP contribution < -0.4 is 10.1 Å². The number of benzene rings is 2. The van der Waals surface area contributed by atoms with Gasteiger partial charge in [0.1, 0.15) is 5.75 Å². The van der Waals surface area contributed by atoms with Gasteiger partial charge in [0.25, 0.3) is 5.19 Å². The quantitative estimate of drug-likeness (QED) is 0.743. The third-order valence-corrected chi connectivity index (χ3v) is 4.44. The van der Waals surface area contributed by atoms with E-state index < -0.39 is 0 Å². The van der Waals surface area contributed by atoms with E-state index >= 15 is 0 Å². The van der Waals surface area contributed by atoms with Crippen molar-refractivity contribution in [1.29, 1.82) is 0 Å². The molecule has 0 aliphatic heterocycles. The summed E-state index contributed by atoms with van der Waals surface area (Å²) in [5.74, 6) is 0.697. The van der Waals surface area contributed by atoms with E-state index in [4.69, 9.17) is 16.3 Å². The average molecular weight is 362 g/mol. The van der Waals surface area contributed by atoms with E-state index in [0.29, 0.717) is 22.5 Å². The van der Waals surface area contributed by atoms with Gasteiger partial charge in [0, 0.05) is 25.7 Å². The molecule has 2 aromatic carbocycles. The van der Waals surface area contributed by atoms with E-state index in [0.717, 1.165) is 15.8 Å². The van der Waals surface area contributed by atoms with E-state index in [9.17, 15) is 4.79 Å². The van der Waals surface area contributed by atoms with Crippen LogP contribution in [-0.4, -0.2) is 30.0 Å². The zero-order chi connectivity index (χ0) is 17.1. The Bertz CT molecular complexity index is 862.